The minimum atomic E-state index is -0.789. The summed E-state index contributed by atoms with van der Waals surface area (Å²) in [6, 6.07) is -0.704. The molecule has 0 fully saturated rings. The zero-order chi connectivity index (χ0) is 44.5. The minimum absolute atomic E-state index is 0.0666. The van der Waals surface area contributed by atoms with Crippen molar-refractivity contribution < 1.29 is 24.5 Å². The highest BCUT2D eigenvalue weighted by atomic mass is 16.5. The van der Waals surface area contributed by atoms with Crippen LogP contribution in [-0.2, 0) is 14.3 Å². The predicted molar refractivity (Wildman–Crippen MR) is 264 cm³/mol. The highest BCUT2D eigenvalue weighted by molar-refractivity contribution is 5.77. The third-order valence-corrected chi connectivity index (χ3v) is 12.2. The molecule has 6 heteroatoms. The van der Waals surface area contributed by atoms with Crippen LogP contribution in [0.25, 0.3) is 0 Å². The van der Waals surface area contributed by atoms with Gasteiger partial charge in [-0.25, -0.2) is 0 Å². The van der Waals surface area contributed by atoms with Crippen molar-refractivity contribution in [1.29, 1.82) is 0 Å². The Morgan fingerprint density at radius 1 is 0.475 bits per heavy atom. The molecule has 0 saturated carbocycles. The number of rotatable bonds is 48. The van der Waals surface area contributed by atoms with E-state index in [1.807, 2.05) is 0 Å². The van der Waals surface area contributed by atoms with Crippen LogP contribution in [0.2, 0.25) is 0 Å². The van der Waals surface area contributed by atoms with Gasteiger partial charge in [0, 0.05) is 6.42 Å². The van der Waals surface area contributed by atoms with Gasteiger partial charge in [-0.3, -0.25) is 9.59 Å². The third kappa shape index (κ3) is 44.5. The number of nitrogens with one attached hydrogen (secondary N) is 1. The molecular weight excluding hydrogens is 755 g/mol. The number of carbonyl (C=O) groups excluding carboxylic acids is 2. The smallest absolute Gasteiger partial charge is 0.306 e. The van der Waals surface area contributed by atoms with Crippen molar-refractivity contribution in [2.75, 3.05) is 6.61 Å². The molecule has 0 aromatic carbocycles. The van der Waals surface area contributed by atoms with Crippen molar-refractivity contribution in [2.45, 2.75) is 296 Å². The van der Waals surface area contributed by atoms with Crippen LogP contribution in [0.3, 0.4) is 0 Å². The van der Waals surface area contributed by atoms with Crippen LogP contribution in [0, 0.1) is 0 Å². The average molecular weight is 858 g/mol. The molecule has 3 N–H and O–H groups in total. The van der Waals surface area contributed by atoms with Gasteiger partial charge in [-0.15, -0.1) is 0 Å². The van der Waals surface area contributed by atoms with E-state index in [0.29, 0.717) is 19.3 Å². The molecule has 0 heterocycles. The Morgan fingerprint density at radius 3 is 1.38 bits per heavy atom. The summed E-state index contributed by atoms with van der Waals surface area (Å²) in [5.74, 6) is -0.489. The largest absolute Gasteiger partial charge is 0.462 e. The van der Waals surface area contributed by atoms with Crippen molar-refractivity contribution in [3.63, 3.8) is 0 Å². The Morgan fingerprint density at radius 2 is 0.869 bits per heavy atom. The molecule has 0 aromatic rings. The number of esters is 1. The van der Waals surface area contributed by atoms with Gasteiger partial charge >= 0.3 is 5.97 Å². The van der Waals surface area contributed by atoms with E-state index in [1.54, 1.807) is 0 Å². The van der Waals surface area contributed by atoms with Crippen LogP contribution >= 0.6 is 0 Å². The lowest BCUT2D eigenvalue weighted by Crippen LogP contribution is -2.46. The molecule has 0 aliphatic heterocycles. The van der Waals surface area contributed by atoms with Crippen molar-refractivity contribution in [1.82, 2.24) is 5.32 Å². The number of carbonyl (C=O) groups is 2. The van der Waals surface area contributed by atoms with E-state index < -0.39 is 18.2 Å². The summed E-state index contributed by atoms with van der Waals surface area (Å²) in [6.45, 7) is 6.40. The summed E-state index contributed by atoms with van der Waals surface area (Å²) in [5, 5.41) is 23.7. The van der Waals surface area contributed by atoms with Crippen LogP contribution in [0.4, 0.5) is 0 Å². The fraction of sp³-hybridized carbons (Fsp3) is 0.855. The Hall–Kier alpha value is -1.92. The SMILES string of the molecule is CCC/C=C\CCCCCC(CC(=O)NC(CO)C(O)CCCCCCCCCCCCCCCCC)OC(=O)CCCCCCCCCCC/C=C\C/C=C\CCCCC. The number of amides is 1. The Kier molecular flexibility index (Phi) is 47.6. The van der Waals surface area contributed by atoms with Gasteiger partial charge in [0.15, 0.2) is 0 Å². The van der Waals surface area contributed by atoms with E-state index >= 15 is 0 Å². The van der Waals surface area contributed by atoms with Crippen LogP contribution in [0.5, 0.6) is 0 Å². The second-order valence-corrected chi connectivity index (χ2v) is 18.3. The summed E-state index contributed by atoms with van der Waals surface area (Å²) in [5.41, 5.74) is 0. The van der Waals surface area contributed by atoms with Gasteiger partial charge in [0.1, 0.15) is 6.10 Å². The van der Waals surface area contributed by atoms with Crippen molar-refractivity contribution >= 4 is 11.9 Å². The number of aliphatic hydroxyl groups is 2. The molecule has 3 unspecified atom stereocenters. The Balaban J connectivity index is 4.36. The van der Waals surface area contributed by atoms with Crippen LogP contribution < -0.4 is 5.32 Å². The summed E-state index contributed by atoms with van der Waals surface area (Å²) >= 11 is 0. The molecular formula is C55H103NO5. The maximum Gasteiger partial charge on any atom is 0.306 e. The van der Waals surface area contributed by atoms with E-state index in [0.717, 1.165) is 77.0 Å². The molecule has 358 valence electrons. The third-order valence-electron chi connectivity index (χ3n) is 12.2. The lowest BCUT2D eigenvalue weighted by Gasteiger charge is -2.24. The first kappa shape index (κ1) is 59.1. The van der Waals surface area contributed by atoms with Crippen molar-refractivity contribution in [3.05, 3.63) is 36.5 Å². The molecule has 3 atom stereocenters. The Labute approximate surface area is 379 Å². The number of hydrogen-bond donors (Lipinski definition) is 3. The molecule has 0 bridgehead atoms. The first-order valence-corrected chi connectivity index (χ1v) is 26.7. The minimum Gasteiger partial charge on any atom is -0.462 e. The number of allylic oxidation sites excluding steroid dienone is 6. The maximum absolute atomic E-state index is 13.2. The molecule has 6 nitrogen and oxygen atoms in total. The topological polar surface area (TPSA) is 95.9 Å². The first-order chi connectivity index (χ1) is 30.0. The second-order valence-electron chi connectivity index (χ2n) is 18.3. The maximum atomic E-state index is 13.2. The van der Waals surface area contributed by atoms with Gasteiger partial charge in [-0.2, -0.15) is 0 Å². The van der Waals surface area contributed by atoms with E-state index in [-0.39, 0.29) is 24.9 Å². The summed E-state index contributed by atoms with van der Waals surface area (Å²) in [6.07, 6.45) is 57.9. The average Bonchev–Trinajstić information content (AvgIpc) is 3.25. The molecule has 61 heavy (non-hydrogen) atoms. The van der Waals surface area contributed by atoms with E-state index in [1.165, 1.54) is 154 Å². The van der Waals surface area contributed by atoms with Gasteiger partial charge in [0.2, 0.25) is 5.91 Å². The summed E-state index contributed by atoms with van der Waals surface area (Å²) in [4.78, 5) is 26.1. The zero-order valence-electron chi connectivity index (χ0n) is 40.8. The van der Waals surface area contributed by atoms with Crippen molar-refractivity contribution in [2.24, 2.45) is 0 Å². The van der Waals surface area contributed by atoms with Gasteiger partial charge in [-0.05, 0) is 77.0 Å². The van der Waals surface area contributed by atoms with Gasteiger partial charge in [0.25, 0.3) is 0 Å². The van der Waals surface area contributed by atoms with E-state index in [4.69, 9.17) is 4.74 Å². The zero-order valence-corrected chi connectivity index (χ0v) is 40.8. The molecule has 0 aliphatic carbocycles. The van der Waals surface area contributed by atoms with Crippen LogP contribution in [-0.4, -0.2) is 46.9 Å². The second kappa shape index (κ2) is 49.1. The fourth-order valence-electron chi connectivity index (χ4n) is 8.11. The number of unbranched alkanes of at least 4 members (excludes halogenated alkanes) is 30. The summed E-state index contributed by atoms with van der Waals surface area (Å²) < 4.78 is 5.91. The highest BCUT2D eigenvalue weighted by Gasteiger charge is 2.24. The van der Waals surface area contributed by atoms with E-state index in [9.17, 15) is 19.8 Å². The highest BCUT2D eigenvalue weighted by Crippen LogP contribution is 2.18. The standard InChI is InChI=1S/C55H103NO5/c1-4-7-10-13-16-19-21-23-25-26-27-28-30-32-34-36-39-42-45-48-55(60)61-51(46-43-40-37-18-15-12-9-6-3)49-54(59)56-52(50-57)53(58)47-44-41-38-35-33-31-29-24-22-20-17-14-11-8-5-2/h12,15-16,19,23,25,51-53,57-58H,4-11,13-14,17-18,20-22,24,26-50H2,1-3H3,(H,56,59)/b15-12-,19-16-,25-23-. The van der Waals surface area contributed by atoms with Gasteiger partial charge in [0.05, 0.1) is 25.2 Å². The Bertz CT molecular complexity index is 1010. The number of aliphatic hydroxyl groups excluding tert-OH is 2. The monoisotopic (exact) mass is 858 g/mol. The molecule has 0 radical (unpaired) electrons. The molecule has 0 rings (SSSR count). The predicted octanol–water partition coefficient (Wildman–Crippen LogP) is 16.1. The number of hydrogen-bond acceptors (Lipinski definition) is 5. The van der Waals surface area contributed by atoms with Crippen molar-refractivity contribution in [3.8, 4) is 0 Å². The quantitative estimate of drug-likeness (QED) is 0.0322. The first-order valence-electron chi connectivity index (χ1n) is 26.7. The molecule has 1 amide bonds. The summed E-state index contributed by atoms with van der Waals surface area (Å²) in [7, 11) is 0. The van der Waals surface area contributed by atoms with Crippen LogP contribution in [0.1, 0.15) is 278 Å². The molecule has 0 spiro atoms. The van der Waals surface area contributed by atoms with E-state index in [2.05, 4.69) is 62.5 Å². The molecule has 0 aromatic heterocycles. The van der Waals surface area contributed by atoms with Crippen LogP contribution in [0.15, 0.2) is 36.5 Å². The van der Waals surface area contributed by atoms with Gasteiger partial charge in [-0.1, -0.05) is 224 Å². The normalized spacial score (nSPS) is 13.5. The van der Waals surface area contributed by atoms with Gasteiger partial charge < -0.3 is 20.3 Å². The lowest BCUT2D eigenvalue weighted by molar-refractivity contribution is -0.151. The fourth-order valence-corrected chi connectivity index (χ4v) is 8.11. The molecule has 0 saturated heterocycles. The molecule has 0 aliphatic rings. The number of ether oxygens (including phenoxy) is 1. The lowest BCUT2D eigenvalue weighted by atomic mass is 10.0.